The van der Waals surface area contributed by atoms with Crippen molar-refractivity contribution in [2.24, 2.45) is 5.92 Å². The van der Waals surface area contributed by atoms with Gasteiger partial charge in [-0.2, -0.15) is 0 Å². The highest BCUT2D eigenvalue weighted by Crippen LogP contribution is 2.28. The van der Waals surface area contributed by atoms with Crippen LogP contribution in [0.2, 0.25) is 0 Å². The van der Waals surface area contributed by atoms with Crippen molar-refractivity contribution in [1.82, 2.24) is 14.6 Å². The Kier molecular flexibility index (Phi) is 3.90. The highest BCUT2D eigenvalue weighted by Gasteiger charge is 2.41. The Morgan fingerprint density at radius 3 is 3.05 bits per heavy atom. The minimum absolute atomic E-state index is 0.133. The highest BCUT2D eigenvalue weighted by atomic mass is 32.2. The molecule has 0 unspecified atom stereocenters. The fourth-order valence-electron chi connectivity index (χ4n) is 2.78. The van der Waals surface area contributed by atoms with Gasteiger partial charge in [-0.25, -0.2) is 18.1 Å². The molecule has 116 valence electrons. The molecular formula is C14H21N3O3S. The van der Waals surface area contributed by atoms with Crippen LogP contribution in [0.5, 0.6) is 5.88 Å². The van der Waals surface area contributed by atoms with E-state index < -0.39 is 10.0 Å². The lowest BCUT2D eigenvalue weighted by Gasteiger charge is -2.17. The smallest absolute Gasteiger partial charge is 0.246 e. The number of nitrogens with zero attached hydrogens (tertiary/aromatic N) is 2. The van der Waals surface area contributed by atoms with Crippen molar-refractivity contribution >= 4 is 10.0 Å². The summed E-state index contributed by atoms with van der Waals surface area (Å²) in [4.78, 5) is 6.46. The molecule has 2 aliphatic rings. The number of sulfonamides is 1. The van der Waals surface area contributed by atoms with Gasteiger partial charge in [0.15, 0.2) is 0 Å². The van der Waals surface area contributed by atoms with E-state index in [9.17, 15) is 8.42 Å². The summed E-state index contributed by atoms with van der Waals surface area (Å²) >= 11 is 0. The molecule has 1 aromatic rings. The molecule has 0 spiro atoms. The van der Waals surface area contributed by atoms with Crippen LogP contribution in [0.3, 0.4) is 0 Å². The Bertz CT molecular complexity index is 618. The zero-order chi connectivity index (χ0) is 15.0. The summed E-state index contributed by atoms with van der Waals surface area (Å²) in [6.07, 6.45) is 2.48. The summed E-state index contributed by atoms with van der Waals surface area (Å²) in [5.74, 6) is 0.846. The van der Waals surface area contributed by atoms with Crippen molar-refractivity contribution in [2.75, 3.05) is 19.6 Å². The van der Waals surface area contributed by atoms with Crippen LogP contribution >= 0.6 is 0 Å². The first-order valence-electron chi connectivity index (χ1n) is 7.32. The molecule has 2 atom stereocenters. The van der Waals surface area contributed by atoms with Crippen LogP contribution in [0.1, 0.15) is 20.3 Å². The molecule has 1 N–H and O–H groups in total. The van der Waals surface area contributed by atoms with E-state index >= 15 is 0 Å². The number of hydrogen-bond donors (Lipinski definition) is 1. The molecule has 3 rings (SSSR count). The van der Waals surface area contributed by atoms with Gasteiger partial charge in [-0.1, -0.05) is 13.8 Å². The molecule has 3 heterocycles. The normalized spacial score (nSPS) is 27.8. The molecule has 7 heteroatoms. The summed E-state index contributed by atoms with van der Waals surface area (Å²) in [6, 6.07) is 2.93. The summed E-state index contributed by atoms with van der Waals surface area (Å²) < 4.78 is 33.3. The van der Waals surface area contributed by atoms with Crippen LogP contribution in [0, 0.1) is 5.92 Å². The van der Waals surface area contributed by atoms with Crippen molar-refractivity contribution < 1.29 is 13.2 Å². The molecule has 1 fully saturated rings. The number of pyridine rings is 1. The Morgan fingerprint density at radius 2 is 2.29 bits per heavy atom. The topological polar surface area (TPSA) is 71.5 Å². The van der Waals surface area contributed by atoms with Crippen molar-refractivity contribution in [3.8, 4) is 5.88 Å². The lowest BCUT2D eigenvalue weighted by Crippen LogP contribution is -2.42. The van der Waals surface area contributed by atoms with E-state index in [1.807, 2.05) is 0 Å². The van der Waals surface area contributed by atoms with E-state index in [0.717, 1.165) is 19.5 Å². The van der Waals surface area contributed by atoms with Gasteiger partial charge in [0.05, 0.1) is 6.04 Å². The molecule has 0 amide bonds. The Morgan fingerprint density at radius 1 is 1.48 bits per heavy atom. The molecule has 0 radical (unpaired) electrons. The SMILES string of the molecule is CC(C)CCN1C[C@@H]2Oc3ncccc3S(=O)(=O)N[C@@H]2C1. The van der Waals surface area contributed by atoms with Gasteiger partial charge in [-0.05, 0) is 31.0 Å². The number of rotatable bonds is 3. The zero-order valence-electron chi connectivity index (χ0n) is 12.3. The molecule has 1 saturated heterocycles. The Labute approximate surface area is 125 Å². The summed E-state index contributed by atoms with van der Waals surface area (Å²) in [5.41, 5.74) is 0. The Balaban J connectivity index is 1.80. The lowest BCUT2D eigenvalue weighted by atomic mass is 10.1. The fraction of sp³-hybridized carbons (Fsp3) is 0.643. The summed E-state index contributed by atoms with van der Waals surface area (Å²) in [5, 5.41) is 0. The van der Waals surface area contributed by atoms with Crippen molar-refractivity contribution in [2.45, 2.75) is 37.3 Å². The summed E-state index contributed by atoms with van der Waals surface area (Å²) in [7, 11) is -3.55. The molecule has 6 nitrogen and oxygen atoms in total. The predicted molar refractivity (Wildman–Crippen MR) is 78.7 cm³/mol. The van der Waals surface area contributed by atoms with Crippen LogP contribution in [-0.4, -0.2) is 50.1 Å². The minimum atomic E-state index is -3.55. The fourth-order valence-corrected chi connectivity index (χ4v) is 4.12. The minimum Gasteiger partial charge on any atom is -0.470 e. The maximum atomic E-state index is 12.4. The van der Waals surface area contributed by atoms with Gasteiger partial charge in [0.25, 0.3) is 0 Å². The first kappa shape index (κ1) is 14.7. The molecule has 0 aliphatic carbocycles. The number of fused-ring (bicyclic) bond motifs is 2. The van der Waals surface area contributed by atoms with Gasteiger partial charge in [-0.3, -0.25) is 4.90 Å². The van der Waals surface area contributed by atoms with Gasteiger partial charge in [0.2, 0.25) is 15.9 Å². The summed E-state index contributed by atoms with van der Waals surface area (Å²) in [6.45, 7) is 6.76. The Hall–Kier alpha value is -1.18. The van der Waals surface area contributed by atoms with Crippen molar-refractivity contribution in [3.63, 3.8) is 0 Å². The molecule has 21 heavy (non-hydrogen) atoms. The molecule has 2 aliphatic heterocycles. The monoisotopic (exact) mass is 311 g/mol. The second-order valence-electron chi connectivity index (χ2n) is 6.13. The highest BCUT2D eigenvalue weighted by molar-refractivity contribution is 7.89. The van der Waals surface area contributed by atoms with Crippen molar-refractivity contribution in [3.05, 3.63) is 18.3 Å². The van der Waals surface area contributed by atoms with Gasteiger partial charge < -0.3 is 4.74 Å². The first-order chi connectivity index (χ1) is 9.95. The van der Waals surface area contributed by atoms with E-state index in [0.29, 0.717) is 12.5 Å². The predicted octanol–water partition coefficient (Wildman–Crippen LogP) is 0.851. The van der Waals surface area contributed by atoms with Gasteiger partial charge in [0.1, 0.15) is 11.0 Å². The van der Waals surface area contributed by atoms with Crippen LogP contribution in [0.15, 0.2) is 23.2 Å². The van der Waals surface area contributed by atoms with Gasteiger partial charge >= 0.3 is 0 Å². The third-order valence-electron chi connectivity index (χ3n) is 3.96. The third-order valence-corrected chi connectivity index (χ3v) is 5.46. The molecule has 0 aromatic carbocycles. The van der Waals surface area contributed by atoms with Crippen LogP contribution in [0.25, 0.3) is 0 Å². The molecule has 0 bridgehead atoms. The molecule has 1 aromatic heterocycles. The maximum Gasteiger partial charge on any atom is 0.246 e. The number of aromatic nitrogens is 1. The maximum absolute atomic E-state index is 12.4. The number of likely N-dealkylation sites (tertiary alicyclic amines) is 1. The van der Waals surface area contributed by atoms with E-state index in [1.54, 1.807) is 12.3 Å². The van der Waals surface area contributed by atoms with Crippen LogP contribution in [-0.2, 0) is 10.0 Å². The lowest BCUT2D eigenvalue weighted by molar-refractivity contribution is 0.176. The van der Waals surface area contributed by atoms with Gasteiger partial charge in [-0.15, -0.1) is 0 Å². The van der Waals surface area contributed by atoms with E-state index in [2.05, 4.69) is 28.5 Å². The number of nitrogens with one attached hydrogen (secondary N) is 1. The van der Waals surface area contributed by atoms with Crippen molar-refractivity contribution in [1.29, 1.82) is 0 Å². The van der Waals surface area contributed by atoms with E-state index in [1.165, 1.54) is 6.07 Å². The van der Waals surface area contributed by atoms with Gasteiger partial charge in [0, 0.05) is 19.3 Å². The second-order valence-corrected chi connectivity index (χ2v) is 7.82. The van der Waals surface area contributed by atoms with E-state index in [4.69, 9.17) is 4.74 Å². The largest absolute Gasteiger partial charge is 0.470 e. The number of ether oxygens (including phenoxy) is 1. The zero-order valence-corrected chi connectivity index (χ0v) is 13.1. The molecular weight excluding hydrogens is 290 g/mol. The first-order valence-corrected chi connectivity index (χ1v) is 8.80. The van der Waals surface area contributed by atoms with E-state index in [-0.39, 0.29) is 22.9 Å². The number of hydrogen-bond acceptors (Lipinski definition) is 5. The van der Waals surface area contributed by atoms with Crippen LogP contribution in [0.4, 0.5) is 0 Å². The standard InChI is InChI=1S/C14H21N3O3S/c1-10(2)5-7-17-8-11-12(9-17)20-14-13(4-3-6-15-14)21(18,19)16-11/h3-4,6,10-12,16H,5,7-9H2,1-2H3/t11-,12+/m1/s1. The average Bonchev–Trinajstić information content (AvgIpc) is 2.74. The third kappa shape index (κ3) is 3.04. The molecule has 0 saturated carbocycles. The second kappa shape index (κ2) is 5.55. The average molecular weight is 311 g/mol. The quantitative estimate of drug-likeness (QED) is 0.896. The van der Waals surface area contributed by atoms with Crippen LogP contribution < -0.4 is 9.46 Å².